The molecule has 0 saturated carbocycles. The first-order valence-corrected chi connectivity index (χ1v) is 3.23. The van der Waals surface area contributed by atoms with Crippen molar-refractivity contribution in [3.63, 3.8) is 0 Å². The summed E-state index contributed by atoms with van der Waals surface area (Å²) in [4.78, 5) is 0. The maximum absolute atomic E-state index is 12.7. The molecule has 1 rings (SSSR count). The van der Waals surface area contributed by atoms with Crippen molar-refractivity contribution in [2.45, 2.75) is 6.92 Å². The smallest absolute Gasteiger partial charge is 0.133 e. The fourth-order valence-electron chi connectivity index (χ4n) is 0.836. The first-order chi connectivity index (χ1) is 5.15. The minimum Gasteiger partial charge on any atom is -0.207 e. The molecule has 0 saturated heterocycles. The van der Waals surface area contributed by atoms with Gasteiger partial charge in [0.25, 0.3) is 0 Å². The molecular weight excluding hydrogens is 146 g/mol. The lowest BCUT2D eigenvalue weighted by Crippen LogP contribution is -1.88. The normalized spacial score (nSPS) is 9.73. The molecule has 0 fully saturated rings. The monoisotopic (exact) mass is 154 g/mol. The zero-order chi connectivity index (χ0) is 8.43. The molecule has 0 atom stereocenters. The number of rotatable bonds is 1. The van der Waals surface area contributed by atoms with E-state index in [-0.39, 0.29) is 0 Å². The van der Waals surface area contributed by atoms with Crippen molar-refractivity contribution in [2.75, 3.05) is 0 Å². The molecule has 0 radical (unpaired) electrons. The zero-order valence-corrected chi connectivity index (χ0v) is 6.20. The van der Waals surface area contributed by atoms with Crippen molar-refractivity contribution in [3.05, 3.63) is 41.5 Å². The average Bonchev–Trinajstić information content (AvgIpc) is 1.97. The molecule has 0 N–H and O–H groups in total. The van der Waals surface area contributed by atoms with Crippen LogP contribution >= 0.6 is 0 Å². The van der Waals surface area contributed by atoms with Gasteiger partial charge < -0.3 is 0 Å². The van der Waals surface area contributed by atoms with Crippen LogP contribution < -0.4 is 0 Å². The lowest BCUT2D eigenvalue weighted by Gasteiger charge is -1.99. The second kappa shape index (κ2) is 2.82. The Kier molecular flexibility index (Phi) is 2.03. The van der Waals surface area contributed by atoms with E-state index in [2.05, 4.69) is 6.58 Å². The minimum atomic E-state index is -0.567. The van der Waals surface area contributed by atoms with Gasteiger partial charge in [-0.15, -0.1) is 0 Å². The maximum atomic E-state index is 12.7. The van der Waals surface area contributed by atoms with E-state index in [0.29, 0.717) is 11.1 Å². The van der Waals surface area contributed by atoms with E-state index < -0.39 is 11.6 Å². The first kappa shape index (κ1) is 7.92. The Labute approximate surface area is 64.2 Å². The van der Waals surface area contributed by atoms with E-state index in [9.17, 15) is 8.78 Å². The second-order valence-corrected chi connectivity index (χ2v) is 2.33. The van der Waals surface area contributed by atoms with Gasteiger partial charge in [-0.3, -0.25) is 0 Å². The molecule has 0 spiro atoms. The van der Waals surface area contributed by atoms with Crippen molar-refractivity contribution in [2.24, 2.45) is 0 Å². The number of hydrogen-bond acceptors (Lipinski definition) is 0. The van der Waals surface area contributed by atoms with Crippen molar-refractivity contribution in [1.82, 2.24) is 0 Å². The van der Waals surface area contributed by atoms with Crippen LogP contribution in [0.3, 0.4) is 0 Å². The first-order valence-electron chi connectivity index (χ1n) is 3.23. The largest absolute Gasteiger partial charge is 0.207 e. The Balaban J connectivity index is 3.31. The van der Waals surface area contributed by atoms with Crippen molar-refractivity contribution >= 4 is 6.08 Å². The van der Waals surface area contributed by atoms with E-state index in [4.69, 9.17) is 0 Å². The summed E-state index contributed by atoms with van der Waals surface area (Å²) < 4.78 is 25.3. The summed E-state index contributed by atoms with van der Waals surface area (Å²) in [5.41, 5.74) is 0.769. The second-order valence-electron chi connectivity index (χ2n) is 2.33. The molecule has 0 bridgehead atoms. The molecule has 0 aliphatic carbocycles. The highest BCUT2D eigenvalue weighted by molar-refractivity contribution is 5.49. The van der Waals surface area contributed by atoms with Crippen LogP contribution in [0.2, 0.25) is 0 Å². The summed E-state index contributed by atoms with van der Waals surface area (Å²) in [5.74, 6) is -1.09. The third-order valence-electron chi connectivity index (χ3n) is 1.50. The van der Waals surface area contributed by atoms with Gasteiger partial charge in [0.15, 0.2) is 0 Å². The predicted molar refractivity (Wildman–Crippen MR) is 41.2 cm³/mol. The summed E-state index contributed by atoms with van der Waals surface area (Å²) in [7, 11) is 0. The molecule has 1 aromatic rings. The third-order valence-corrected chi connectivity index (χ3v) is 1.50. The Morgan fingerprint density at radius 3 is 2.45 bits per heavy atom. The van der Waals surface area contributed by atoms with Crippen LogP contribution in [0.1, 0.15) is 11.1 Å². The van der Waals surface area contributed by atoms with Crippen LogP contribution in [0.25, 0.3) is 6.08 Å². The van der Waals surface area contributed by atoms with Crippen LogP contribution in [0, 0.1) is 18.6 Å². The van der Waals surface area contributed by atoms with Gasteiger partial charge in [-0.05, 0) is 18.6 Å². The number of aryl methyl sites for hydroxylation is 1. The van der Waals surface area contributed by atoms with Crippen molar-refractivity contribution in [3.8, 4) is 0 Å². The summed E-state index contributed by atoms with van der Waals surface area (Å²) in [5, 5.41) is 0. The number of hydrogen-bond donors (Lipinski definition) is 0. The van der Waals surface area contributed by atoms with Crippen molar-refractivity contribution < 1.29 is 8.78 Å². The van der Waals surface area contributed by atoms with Gasteiger partial charge in [0, 0.05) is 11.6 Å². The molecular formula is C9H8F2. The minimum absolute atomic E-state index is 0.337. The zero-order valence-electron chi connectivity index (χ0n) is 6.20. The van der Waals surface area contributed by atoms with Crippen LogP contribution in [-0.2, 0) is 0 Å². The average molecular weight is 154 g/mol. The molecule has 0 aliphatic rings. The topological polar surface area (TPSA) is 0 Å². The molecule has 0 aromatic heterocycles. The van der Waals surface area contributed by atoms with E-state index >= 15 is 0 Å². The molecule has 2 heteroatoms. The molecule has 0 heterocycles. The molecule has 11 heavy (non-hydrogen) atoms. The van der Waals surface area contributed by atoms with Gasteiger partial charge in [0.2, 0.25) is 0 Å². The lowest BCUT2D eigenvalue weighted by atomic mass is 10.1. The number of benzene rings is 1. The van der Waals surface area contributed by atoms with E-state index in [1.54, 1.807) is 6.92 Å². The Bertz CT molecular complexity index is 290. The summed E-state index contributed by atoms with van der Waals surface area (Å²) in [6.45, 7) is 4.99. The SMILES string of the molecule is C=Cc1cc(C)c(F)cc1F. The molecule has 1 aromatic carbocycles. The van der Waals surface area contributed by atoms with Crippen LogP contribution in [0.15, 0.2) is 18.7 Å². The molecule has 58 valence electrons. The van der Waals surface area contributed by atoms with Crippen LogP contribution in [-0.4, -0.2) is 0 Å². The summed E-state index contributed by atoms with van der Waals surface area (Å²) in [6.07, 6.45) is 1.36. The van der Waals surface area contributed by atoms with Gasteiger partial charge in [-0.25, -0.2) is 8.78 Å². The summed E-state index contributed by atoms with van der Waals surface area (Å²) in [6, 6.07) is 2.30. The fourth-order valence-corrected chi connectivity index (χ4v) is 0.836. The standard InChI is InChI=1S/C9H8F2/c1-3-7-4-6(2)8(10)5-9(7)11/h3-5H,1H2,2H3. The van der Waals surface area contributed by atoms with Gasteiger partial charge in [0.05, 0.1) is 0 Å². The van der Waals surface area contributed by atoms with Gasteiger partial charge in [0.1, 0.15) is 11.6 Å². The molecule has 0 amide bonds. The molecule has 0 nitrogen and oxygen atoms in total. The van der Waals surface area contributed by atoms with Crippen LogP contribution in [0.4, 0.5) is 8.78 Å². The van der Waals surface area contributed by atoms with Gasteiger partial charge in [-0.2, -0.15) is 0 Å². The van der Waals surface area contributed by atoms with E-state index in [1.807, 2.05) is 0 Å². The number of halogens is 2. The highest BCUT2D eigenvalue weighted by Crippen LogP contribution is 2.14. The Morgan fingerprint density at radius 2 is 1.91 bits per heavy atom. The van der Waals surface area contributed by atoms with E-state index in [0.717, 1.165) is 6.07 Å². The molecule has 0 aliphatic heterocycles. The van der Waals surface area contributed by atoms with Crippen LogP contribution in [0.5, 0.6) is 0 Å². The van der Waals surface area contributed by atoms with Gasteiger partial charge >= 0.3 is 0 Å². The Hall–Kier alpha value is -1.18. The highest BCUT2D eigenvalue weighted by atomic mass is 19.1. The Morgan fingerprint density at radius 1 is 1.27 bits per heavy atom. The fraction of sp³-hybridized carbons (Fsp3) is 0.111. The lowest BCUT2D eigenvalue weighted by molar-refractivity contribution is 0.576. The van der Waals surface area contributed by atoms with Crippen molar-refractivity contribution in [1.29, 1.82) is 0 Å². The maximum Gasteiger partial charge on any atom is 0.133 e. The quantitative estimate of drug-likeness (QED) is 0.583. The van der Waals surface area contributed by atoms with Gasteiger partial charge in [-0.1, -0.05) is 12.7 Å². The highest BCUT2D eigenvalue weighted by Gasteiger charge is 2.03. The predicted octanol–water partition coefficient (Wildman–Crippen LogP) is 2.92. The third kappa shape index (κ3) is 1.45. The van der Waals surface area contributed by atoms with E-state index in [1.165, 1.54) is 12.1 Å². The summed E-state index contributed by atoms with van der Waals surface area (Å²) >= 11 is 0. The molecule has 0 unspecified atom stereocenters.